The number of carbonyl (C=O) groups is 2. The summed E-state index contributed by atoms with van der Waals surface area (Å²) in [5.74, 6) is -1.10. The van der Waals surface area contributed by atoms with Gasteiger partial charge in [0.2, 0.25) is 21.8 Å². The fraction of sp³-hybridized carbons (Fsp3) is 0.481. The molecule has 0 aliphatic rings. The Morgan fingerprint density at radius 1 is 1.06 bits per heavy atom. The summed E-state index contributed by atoms with van der Waals surface area (Å²) in [6.07, 6.45) is 3.13. The lowest BCUT2D eigenvalue weighted by Gasteiger charge is -2.29. The molecule has 0 fully saturated rings. The highest BCUT2D eigenvalue weighted by molar-refractivity contribution is 7.92. The first-order chi connectivity index (χ1) is 17.0. The highest BCUT2D eigenvalue weighted by Crippen LogP contribution is 2.22. The van der Waals surface area contributed by atoms with Crippen molar-refractivity contribution < 1.29 is 22.4 Å². The maximum absolute atomic E-state index is 14.4. The summed E-state index contributed by atoms with van der Waals surface area (Å²) in [4.78, 5) is 27.3. The minimum atomic E-state index is -3.57. The molecule has 0 saturated heterocycles. The number of nitrogens with zero attached hydrogens (tertiary/aromatic N) is 2. The first-order valence-corrected chi connectivity index (χ1v) is 14.2. The van der Waals surface area contributed by atoms with E-state index in [0.717, 1.165) is 30.2 Å². The quantitative estimate of drug-likeness (QED) is 0.399. The van der Waals surface area contributed by atoms with E-state index in [1.807, 2.05) is 32.9 Å². The van der Waals surface area contributed by atoms with Crippen LogP contribution in [0.2, 0.25) is 0 Å². The van der Waals surface area contributed by atoms with Crippen molar-refractivity contribution in [3.63, 3.8) is 0 Å². The van der Waals surface area contributed by atoms with Crippen LogP contribution in [-0.2, 0) is 26.2 Å². The van der Waals surface area contributed by atoms with Gasteiger partial charge in [0.15, 0.2) is 0 Å². The number of carbonyl (C=O) groups excluding carboxylic acids is 2. The zero-order chi connectivity index (χ0) is 26.9. The molecule has 9 heteroatoms. The van der Waals surface area contributed by atoms with E-state index in [0.29, 0.717) is 17.8 Å². The molecule has 0 spiro atoms. The highest BCUT2D eigenvalue weighted by Gasteiger charge is 2.27. The van der Waals surface area contributed by atoms with Gasteiger partial charge in [0, 0.05) is 31.6 Å². The molecule has 0 aromatic heterocycles. The van der Waals surface area contributed by atoms with Gasteiger partial charge in [-0.2, -0.15) is 0 Å². The first-order valence-electron chi connectivity index (χ1n) is 12.3. The van der Waals surface area contributed by atoms with Gasteiger partial charge in [-0.3, -0.25) is 13.9 Å². The average molecular weight is 520 g/mol. The second-order valence-corrected chi connectivity index (χ2v) is 11.0. The molecule has 2 aromatic rings. The van der Waals surface area contributed by atoms with Crippen molar-refractivity contribution >= 4 is 27.5 Å². The lowest BCUT2D eigenvalue weighted by Crippen LogP contribution is -2.48. The number of sulfonamides is 1. The van der Waals surface area contributed by atoms with Crippen LogP contribution in [0.25, 0.3) is 0 Å². The van der Waals surface area contributed by atoms with Gasteiger partial charge >= 0.3 is 0 Å². The molecule has 2 rings (SSSR count). The Morgan fingerprint density at radius 3 is 2.36 bits per heavy atom. The number of benzene rings is 2. The molecule has 0 radical (unpaired) electrons. The van der Waals surface area contributed by atoms with Crippen LogP contribution < -0.4 is 9.62 Å². The summed E-state index contributed by atoms with van der Waals surface area (Å²) >= 11 is 0. The molecule has 0 aliphatic carbocycles. The summed E-state index contributed by atoms with van der Waals surface area (Å²) in [6, 6.07) is 10.8. The topological polar surface area (TPSA) is 86.8 Å². The molecular formula is C27H38FN3O4S. The Bertz CT molecular complexity index is 1150. The maximum atomic E-state index is 14.4. The van der Waals surface area contributed by atoms with Gasteiger partial charge in [-0.1, -0.05) is 37.6 Å². The third kappa shape index (κ3) is 8.33. The van der Waals surface area contributed by atoms with E-state index >= 15 is 0 Å². The average Bonchev–Trinajstić information content (AvgIpc) is 2.82. The van der Waals surface area contributed by atoms with E-state index in [1.165, 1.54) is 15.3 Å². The van der Waals surface area contributed by atoms with Crippen LogP contribution >= 0.6 is 0 Å². The molecule has 36 heavy (non-hydrogen) atoms. The van der Waals surface area contributed by atoms with Gasteiger partial charge in [-0.05, 0) is 62.9 Å². The molecule has 2 amide bonds. The molecule has 1 atom stereocenters. The lowest BCUT2D eigenvalue weighted by molar-refractivity contribution is -0.140. The first kappa shape index (κ1) is 29.3. The van der Waals surface area contributed by atoms with E-state index in [4.69, 9.17) is 0 Å². The third-order valence-corrected chi connectivity index (χ3v) is 7.42. The van der Waals surface area contributed by atoms with Crippen LogP contribution in [0.1, 0.15) is 56.2 Å². The van der Waals surface area contributed by atoms with Crippen molar-refractivity contribution in [1.29, 1.82) is 0 Å². The van der Waals surface area contributed by atoms with Crippen molar-refractivity contribution in [2.45, 2.75) is 66.0 Å². The van der Waals surface area contributed by atoms with E-state index in [9.17, 15) is 22.4 Å². The van der Waals surface area contributed by atoms with Gasteiger partial charge in [0.1, 0.15) is 11.9 Å². The van der Waals surface area contributed by atoms with E-state index in [1.54, 1.807) is 31.2 Å². The Balaban J connectivity index is 2.17. The van der Waals surface area contributed by atoms with Crippen LogP contribution in [0.5, 0.6) is 0 Å². The summed E-state index contributed by atoms with van der Waals surface area (Å²) in [5.41, 5.74) is 2.88. The molecular weight excluding hydrogens is 481 g/mol. The van der Waals surface area contributed by atoms with Crippen molar-refractivity contribution in [2.75, 3.05) is 23.7 Å². The van der Waals surface area contributed by atoms with Crippen LogP contribution in [0.15, 0.2) is 42.5 Å². The van der Waals surface area contributed by atoms with Crippen molar-refractivity contribution in [1.82, 2.24) is 10.2 Å². The molecule has 0 aliphatic heterocycles. The number of hydrogen-bond donors (Lipinski definition) is 1. The monoisotopic (exact) mass is 519 g/mol. The molecule has 0 heterocycles. The number of halogens is 1. The molecule has 0 unspecified atom stereocenters. The largest absolute Gasteiger partial charge is 0.354 e. The van der Waals surface area contributed by atoms with Crippen LogP contribution in [0, 0.1) is 19.7 Å². The zero-order valence-electron chi connectivity index (χ0n) is 21.9. The standard InChI is InChI=1S/C27H38FN3O4S/c1-6-7-16-29-27(33)22(4)30(19-23-11-8-9-12-25(23)28)26(32)13-10-17-31(36(5,34)35)24-15-14-20(2)21(3)18-24/h8-9,11-12,14-15,18,22H,6-7,10,13,16-17,19H2,1-5H3,(H,29,33)/t22-/m1/s1. The maximum Gasteiger partial charge on any atom is 0.242 e. The van der Waals surface area contributed by atoms with Crippen LogP contribution in [0.3, 0.4) is 0 Å². The Morgan fingerprint density at radius 2 is 1.75 bits per heavy atom. The second kappa shape index (κ2) is 13.4. The SMILES string of the molecule is CCCCNC(=O)[C@@H](C)N(Cc1ccccc1F)C(=O)CCCN(c1ccc(C)c(C)c1)S(C)(=O)=O. The number of unbranched alkanes of at least 4 members (excludes halogenated alkanes) is 1. The fourth-order valence-electron chi connectivity index (χ4n) is 3.81. The highest BCUT2D eigenvalue weighted by atomic mass is 32.2. The van der Waals surface area contributed by atoms with Gasteiger partial charge in [0.25, 0.3) is 0 Å². The fourth-order valence-corrected chi connectivity index (χ4v) is 4.77. The normalized spacial score (nSPS) is 12.2. The third-order valence-electron chi connectivity index (χ3n) is 6.23. The number of amides is 2. The number of hydrogen-bond acceptors (Lipinski definition) is 4. The Hall–Kier alpha value is -2.94. The van der Waals surface area contributed by atoms with Crippen LogP contribution in [0.4, 0.5) is 10.1 Å². The summed E-state index contributed by atoms with van der Waals surface area (Å²) in [7, 11) is -3.57. The minimum absolute atomic E-state index is 0.0118. The van der Waals surface area contributed by atoms with Crippen molar-refractivity contribution in [2.24, 2.45) is 0 Å². The van der Waals surface area contributed by atoms with Gasteiger partial charge < -0.3 is 10.2 Å². The Labute approximate surface area is 214 Å². The molecule has 0 saturated carbocycles. The van der Waals surface area contributed by atoms with E-state index < -0.39 is 21.9 Å². The second-order valence-electron chi connectivity index (χ2n) is 9.14. The molecule has 2 aromatic carbocycles. The summed E-state index contributed by atoms with van der Waals surface area (Å²) in [5, 5.41) is 2.83. The zero-order valence-corrected chi connectivity index (χ0v) is 22.7. The van der Waals surface area contributed by atoms with Crippen molar-refractivity contribution in [3.8, 4) is 0 Å². The number of anilines is 1. The minimum Gasteiger partial charge on any atom is -0.354 e. The number of rotatable bonds is 13. The predicted molar refractivity (Wildman–Crippen MR) is 142 cm³/mol. The lowest BCUT2D eigenvalue weighted by atomic mass is 10.1. The number of nitrogens with one attached hydrogen (secondary N) is 1. The molecule has 198 valence electrons. The molecule has 1 N–H and O–H groups in total. The van der Waals surface area contributed by atoms with Gasteiger partial charge in [-0.25, -0.2) is 12.8 Å². The summed E-state index contributed by atoms with van der Waals surface area (Å²) < 4.78 is 40.6. The predicted octanol–water partition coefficient (Wildman–Crippen LogP) is 4.32. The van der Waals surface area contributed by atoms with Gasteiger partial charge in [-0.15, -0.1) is 0 Å². The Kier molecular flexibility index (Phi) is 10.9. The van der Waals surface area contributed by atoms with Crippen LogP contribution in [-0.4, -0.2) is 50.5 Å². The molecule has 0 bridgehead atoms. The van der Waals surface area contributed by atoms with E-state index in [-0.39, 0.29) is 37.7 Å². The number of aryl methyl sites for hydroxylation is 2. The van der Waals surface area contributed by atoms with Crippen molar-refractivity contribution in [3.05, 3.63) is 65.0 Å². The summed E-state index contributed by atoms with van der Waals surface area (Å²) in [6.45, 7) is 8.06. The molecule has 7 nitrogen and oxygen atoms in total. The van der Waals surface area contributed by atoms with E-state index in [2.05, 4.69) is 5.32 Å². The smallest absolute Gasteiger partial charge is 0.242 e. The van der Waals surface area contributed by atoms with Gasteiger partial charge in [0.05, 0.1) is 11.9 Å².